The zero-order valence-corrected chi connectivity index (χ0v) is 13.2. The van der Waals surface area contributed by atoms with Gasteiger partial charge in [-0.3, -0.25) is 0 Å². The Morgan fingerprint density at radius 3 is 2.64 bits per heavy atom. The molecule has 0 bridgehead atoms. The lowest BCUT2D eigenvalue weighted by molar-refractivity contribution is 1.04. The number of hydrogen-bond acceptors (Lipinski definition) is 0. The third-order valence-corrected chi connectivity index (χ3v) is 4.82. The second-order valence-corrected chi connectivity index (χ2v) is 6.19. The van der Waals surface area contributed by atoms with Crippen molar-refractivity contribution in [2.24, 2.45) is 0 Å². The lowest BCUT2D eigenvalue weighted by Gasteiger charge is -2.14. The second kappa shape index (κ2) is 5.14. The molecule has 0 heterocycles. The van der Waals surface area contributed by atoms with Crippen LogP contribution >= 0.6 is 0 Å². The molecule has 3 aromatic carbocycles. The summed E-state index contributed by atoms with van der Waals surface area (Å²) < 4.78 is 0. The van der Waals surface area contributed by atoms with Gasteiger partial charge in [-0.1, -0.05) is 73.2 Å². The lowest BCUT2D eigenvalue weighted by atomic mass is 9.90. The Morgan fingerprint density at radius 1 is 0.909 bits per heavy atom. The van der Waals surface area contributed by atoms with Crippen LogP contribution in [0.5, 0.6) is 0 Å². The van der Waals surface area contributed by atoms with E-state index < -0.39 is 0 Å². The Bertz CT molecular complexity index is 897. The van der Waals surface area contributed by atoms with Crippen LogP contribution in [0.1, 0.15) is 30.0 Å². The first kappa shape index (κ1) is 13.3. The van der Waals surface area contributed by atoms with Crippen LogP contribution in [0.2, 0.25) is 0 Å². The molecule has 0 radical (unpaired) electrons. The van der Waals surface area contributed by atoms with Gasteiger partial charge in [0.15, 0.2) is 0 Å². The molecular weight excluding hydrogens is 264 g/mol. The van der Waals surface area contributed by atoms with E-state index in [9.17, 15) is 0 Å². The molecule has 0 atom stereocenters. The fourth-order valence-corrected chi connectivity index (χ4v) is 3.62. The quantitative estimate of drug-likeness (QED) is 0.528. The molecule has 3 aromatic rings. The van der Waals surface area contributed by atoms with Crippen molar-refractivity contribution < 1.29 is 0 Å². The molecule has 0 amide bonds. The van der Waals surface area contributed by atoms with Crippen LogP contribution < -0.4 is 0 Å². The van der Waals surface area contributed by atoms with Gasteiger partial charge in [-0.05, 0) is 58.4 Å². The van der Waals surface area contributed by atoms with Gasteiger partial charge in [0.2, 0.25) is 0 Å². The molecule has 1 aliphatic carbocycles. The Morgan fingerprint density at radius 2 is 1.77 bits per heavy atom. The second-order valence-electron chi connectivity index (χ2n) is 6.19. The van der Waals surface area contributed by atoms with Crippen molar-refractivity contribution in [2.45, 2.75) is 26.7 Å². The largest absolute Gasteiger partial charge is 0.0655 e. The number of fused-ring (bicyclic) bond motifs is 2. The van der Waals surface area contributed by atoms with E-state index in [0.29, 0.717) is 0 Å². The highest BCUT2D eigenvalue weighted by atomic mass is 14.2. The summed E-state index contributed by atoms with van der Waals surface area (Å²) in [7, 11) is 0. The molecule has 1 aliphatic rings. The first-order valence-corrected chi connectivity index (χ1v) is 8.08. The van der Waals surface area contributed by atoms with Crippen LogP contribution in [-0.2, 0) is 6.42 Å². The van der Waals surface area contributed by atoms with Crippen molar-refractivity contribution >= 4 is 16.8 Å². The van der Waals surface area contributed by atoms with E-state index >= 15 is 0 Å². The summed E-state index contributed by atoms with van der Waals surface area (Å²) in [6, 6.07) is 19.9. The first-order chi connectivity index (χ1) is 10.8. The minimum absolute atomic E-state index is 1.11. The summed E-state index contributed by atoms with van der Waals surface area (Å²) in [6.45, 7) is 4.47. The predicted molar refractivity (Wildman–Crippen MR) is 96.1 cm³/mol. The molecule has 22 heavy (non-hydrogen) atoms. The molecule has 0 aliphatic heterocycles. The molecule has 0 aromatic heterocycles. The summed E-state index contributed by atoms with van der Waals surface area (Å²) in [6.07, 6.45) is 4.66. The highest BCUT2D eigenvalue weighted by Crippen LogP contribution is 2.39. The van der Waals surface area contributed by atoms with Gasteiger partial charge in [0.1, 0.15) is 0 Å². The van der Waals surface area contributed by atoms with Crippen molar-refractivity contribution in [3.63, 3.8) is 0 Å². The SMILES string of the molecule is CCC1=Cc2c(cccc2-c2c(C)ccc3ccccc23)C1. The van der Waals surface area contributed by atoms with E-state index in [0.717, 1.165) is 12.8 Å². The Labute approximate surface area is 132 Å². The van der Waals surface area contributed by atoms with Crippen LogP contribution in [0, 0.1) is 6.92 Å². The van der Waals surface area contributed by atoms with Gasteiger partial charge < -0.3 is 0 Å². The van der Waals surface area contributed by atoms with E-state index in [-0.39, 0.29) is 0 Å². The molecule has 0 N–H and O–H groups in total. The Kier molecular flexibility index (Phi) is 3.11. The zero-order valence-electron chi connectivity index (χ0n) is 13.2. The van der Waals surface area contributed by atoms with Gasteiger partial charge >= 0.3 is 0 Å². The van der Waals surface area contributed by atoms with E-state index in [2.05, 4.69) is 74.5 Å². The van der Waals surface area contributed by atoms with E-state index in [1.54, 1.807) is 5.57 Å². The average molecular weight is 284 g/mol. The molecule has 0 unspecified atom stereocenters. The number of rotatable bonds is 2. The number of aryl methyl sites for hydroxylation is 1. The minimum Gasteiger partial charge on any atom is -0.0655 e. The van der Waals surface area contributed by atoms with E-state index in [1.807, 2.05) is 0 Å². The fourth-order valence-electron chi connectivity index (χ4n) is 3.62. The maximum absolute atomic E-state index is 2.41. The van der Waals surface area contributed by atoms with Crippen molar-refractivity contribution in [3.8, 4) is 11.1 Å². The van der Waals surface area contributed by atoms with Crippen LogP contribution in [0.15, 0.2) is 60.2 Å². The molecule has 0 saturated carbocycles. The van der Waals surface area contributed by atoms with Gasteiger partial charge in [0.25, 0.3) is 0 Å². The summed E-state index contributed by atoms with van der Waals surface area (Å²) in [5, 5.41) is 2.67. The normalized spacial score (nSPS) is 13.3. The summed E-state index contributed by atoms with van der Waals surface area (Å²) >= 11 is 0. The van der Waals surface area contributed by atoms with Gasteiger partial charge in [0, 0.05) is 0 Å². The zero-order chi connectivity index (χ0) is 15.1. The minimum atomic E-state index is 1.11. The lowest BCUT2D eigenvalue weighted by Crippen LogP contribution is -1.91. The van der Waals surface area contributed by atoms with Crippen LogP contribution in [0.4, 0.5) is 0 Å². The van der Waals surface area contributed by atoms with Crippen molar-refractivity contribution in [3.05, 3.63) is 76.9 Å². The molecule has 108 valence electrons. The maximum Gasteiger partial charge on any atom is -0.00577 e. The predicted octanol–water partition coefficient (Wildman–Crippen LogP) is 6.16. The number of benzene rings is 3. The van der Waals surface area contributed by atoms with Gasteiger partial charge in [-0.25, -0.2) is 0 Å². The smallest absolute Gasteiger partial charge is 0.00577 e. The third-order valence-electron chi connectivity index (χ3n) is 4.82. The van der Waals surface area contributed by atoms with Crippen molar-refractivity contribution in [1.29, 1.82) is 0 Å². The summed E-state index contributed by atoms with van der Waals surface area (Å²) in [5.74, 6) is 0. The molecule has 0 fully saturated rings. The maximum atomic E-state index is 2.41. The topological polar surface area (TPSA) is 0 Å². The summed E-state index contributed by atoms with van der Waals surface area (Å²) in [5.41, 5.74) is 8.57. The molecule has 0 nitrogen and oxygen atoms in total. The number of allylic oxidation sites excluding steroid dienone is 1. The highest BCUT2D eigenvalue weighted by Gasteiger charge is 2.17. The molecule has 4 rings (SSSR count). The molecular formula is C22H20. The van der Waals surface area contributed by atoms with E-state index in [1.165, 1.54) is 38.6 Å². The standard InChI is InChI=1S/C22H20/c1-3-16-13-18-8-6-10-20(21(18)14-16)22-15(2)11-12-17-7-4-5-9-19(17)22/h4-12,14H,3,13H2,1-2H3. The van der Waals surface area contributed by atoms with Crippen LogP contribution in [-0.4, -0.2) is 0 Å². The molecule has 0 heteroatoms. The monoisotopic (exact) mass is 284 g/mol. The van der Waals surface area contributed by atoms with Crippen LogP contribution in [0.25, 0.3) is 28.0 Å². The number of hydrogen-bond donors (Lipinski definition) is 0. The van der Waals surface area contributed by atoms with Crippen molar-refractivity contribution in [1.82, 2.24) is 0 Å². The summed E-state index contributed by atoms with van der Waals surface area (Å²) in [4.78, 5) is 0. The van der Waals surface area contributed by atoms with Crippen LogP contribution in [0.3, 0.4) is 0 Å². The highest BCUT2D eigenvalue weighted by molar-refractivity contribution is 6.00. The Hall–Kier alpha value is -2.34. The van der Waals surface area contributed by atoms with Gasteiger partial charge in [-0.2, -0.15) is 0 Å². The third kappa shape index (κ3) is 1.99. The van der Waals surface area contributed by atoms with Gasteiger partial charge in [0.05, 0.1) is 0 Å². The average Bonchev–Trinajstić information content (AvgIpc) is 2.98. The first-order valence-electron chi connectivity index (χ1n) is 8.08. The van der Waals surface area contributed by atoms with E-state index in [4.69, 9.17) is 0 Å². The van der Waals surface area contributed by atoms with Crippen molar-refractivity contribution in [2.75, 3.05) is 0 Å². The molecule has 0 spiro atoms. The fraction of sp³-hybridized carbons (Fsp3) is 0.182. The van der Waals surface area contributed by atoms with Gasteiger partial charge in [-0.15, -0.1) is 0 Å². The molecule has 0 saturated heterocycles. The Balaban J connectivity index is 2.04.